The molecule has 0 unspecified atom stereocenters. The summed E-state index contributed by atoms with van der Waals surface area (Å²) in [6.45, 7) is 11.4. The first kappa shape index (κ1) is 31.9. The van der Waals surface area contributed by atoms with E-state index >= 15 is 0 Å². The third-order valence-electron chi connectivity index (χ3n) is 9.30. The van der Waals surface area contributed by atoms with Crippen LogP contribution in [0.1, 0.15) is 103 Å². The van der Waals surface area contributed by atoms with Gasteiger partial charge in [-0.15, -0.1) is 24.3 Å². The summed E-state index contributed by atoms with van der Waals surface area (Å²) in [5.41, 5.74) is 2.34. The fourth-order valence-electron chi connectivity index (χ4n) is 6.76. The van der Waals surface area contributed by atoms with Gasteiger partial charge in [0.15, 0.2) is 0 Å². The number of aliphatic imine (C=N–C) groups is 2. The maximum atomic E-state index is 5.29. The molecule has 0 bridgehead atoms. The molecule has 6 rings (SSSR count). The molecule has 2 aliphatic carbocycles. The van der Waals surface area contributed by atoms with Gasteiger partial charge in [-0.1, -0.05) is 83.4 Å². The van der Waals surface area contributed by atoms with Gasteiger partial charge in [-0.25, -0.2) is 0 Å². The second-order valence-electron chi connectivity index (χ2n) is 12.9. The minimum Gasteiger partial charge on any atom is -0.383 e. The van der Waals surface area contributed by atoms with Gasteiger partial charge in [0.1, 0.15) is 0 Å². The Labute approximate surface area is 263 Å². The molecule has 41 heavy (non-hydrogen) atoms. The van der Waals surface area contributed by atoms with Crippen LogP contribution in [0, 0.1) is 17.9 Å². The molecule has 2 fully saturated rings. The number of aromatic nitrogens is 1. The molecule has 0 saturated heterocycles. The van der Waals surface area contributed by atoms with Crippen LogP contribution in [0.4, 0.5) is 0 Å². The number of benzene rings is 1. The van der Waals surface area contributed by atoms with Crippen molar-refractivity contribution in [2.24, 2.45) is 21.8 Å². The zero-order valence-corrected chi connectivity index (χ0v) is 27.9. The molecular weight excluding hydrogens is 685 g/mol. The first-order valence-corrected chi connectivity index (χ1v) is 16.1. The Morgan fingerprint density at radius 3 is 1.41 bits per heavy atom. The predicted molar refractivity (Wildman–Crippen MR) is 167 cm³/mol. The summed E-state index contributed by atoms with van der Waals surface area (Å²) in [6.07, 6.45) is 16.9. The largest absolute Gasteiger partial charge is 0.383 e. The van der Waals surface area contributed by atoms with E-state index < -0.39 is 0 Å². The number of amidine groups is 2. The van der Waals surface area contributed by atoms with E-state index in [0.29, 0.717) is 36.0 Å². The monoisotopic (exact) mass is 735 g/mol. The van der Waals surface area contributed by atoms with Crippen LogP contribution < -0.4 is 0 Å². The third-order valence-corrected chi connectivity index (χ3v) is 9.30. The van der Waals surface area contributed by atoms with Crippen molar-refractivity contribution in [1.29, 1.82) is 0 Å². The fourth-order valence-corrected chi connectivity index (χ4v) is 6.76. The molecule has 0 spiro atoms. The first-order chi connectivity index (χ1) is 19.5. The van der Waals surface area contributed by atoms with Crippen molar-refractivity contribution in [2.75, 3.05) is 13.1 Å². The Hall–Kier alpha value is -2.00. The molecule has 1 aromatic heterocycles. The van der Waals surface area contributed by atoms with Crippen LogP contribution >= 0.6 is 0 Å². The van der Waals surface area contributed by atoms with E-state index in [4.69, 9.17) is 9.98 Å². The second kappa shape index (κ2) is 15.5. The minimum absolute atomic E-state index is 0. The number of nitrogens with zero attached hydrogens (tertiary/aromatic N) is 5. The summed E-state index contributed by atoms with van der Waals surface area (Å²) in [5.74, 6) is 3.52. The zero-order chi connectivity index (χ0) is 27.9. The van der Waals surface area contributed by atoms with E-state index in [-0.39, 0.29) is 21.1 Å². The maximum absolute atomic E-state index is 5.29. The molecular formula is C35H50N5Pt-. The number of hydrogen-bond acceptors (Lipinski definition) is 5. The van der Waals surface area contributed by atoms with Gasteiger partial charge in [-0.3, -0.25) is 4.98 Å². The van der Waals surface area contributed by atoms with Crippen LogP contribution in [0.3, 0.4) is 0 Å². The van der Waals surface area contributed by atoms with Crippen LogP contribution in [-0.2, 0) is 21.1 Å². The van der Waals surface area contributed by atoms with Gasteiger partial charge >= 0.3 is 0 Å². The van der Waals surface area contributed by atoms with E-state index in [2.05, 4.69) is 66.7 Å². The smallest absolute Gasteiger partial charge is 0.0644 e. The Morgan fingerprint density at radius 1 is 0.634 bits per heavy atom. The van der Waals surface area contributed by atoms with E-state index in [9.17, 15) is 0 Å². The topological polar surface area (TPSA) is 44.1 Å². The van der Waals surface area contributed by atoms with Crippen molar-refractivity contribution in [1.82, 2.24) is 14.8 Å². The third kappa shape index (κ3) is 8.09. The van der Waals surface area contributed by atoms with Crippen LogP contribution in [-0.4, -0.2) is 63.7 Å². The second-order valence-corrected chi connectivity index (χ2v) is 12.9. The summed E-state index contributed by atoms with van der Waals surface area (Å²) < 4.78 is 0. The summed E-state index contributed by atoms with van der Waals surface area (Å²) in [5, 5.41) is 0. The van der Waals surface area contributed by atoms with E-state index in [0.717, 1.165) is 13.1 Å². The van der Waals surface area contributed by atoms with Crippen LogP contribution in [0.25, 0.3) is 0 Å². The molecule has 226 valence electrons. The zero-order valence-electron chi connectivity index (χ0n) is 25.6. The number of pyridine rings is 1. The summed E-state index contributed by atoms with van der Waals surface area (Å²) in [7, 11) is 0. The molecule has 0 radical (unpaired) electrons. The quantitative estimate of drug-likeness (QED) is 0.291. The van der Waals surface area contributed by atoms with Crippen molar-refractivity contribution < 1.29 is 21.1 Å². The Morgan fingerprint density at radius 2 is 1.07 bits per heavy atom. The normalized spacial score (nSPS) is 23.7. The summed E-state index contributed by atoms with van der Waals surface area (Å²) in [4.78, 5) is 19.7. The van der Waals surface area contributed by atoms with E-state index in [1.165, 1.54) is 87.0 Å². The van der Waals surface area contributed by atoms with Crippen molar-refractivity contribution in [3.8, 4) is 0 Å². The summed E-state index contributed by atoms with van der Waals surface area (Å²) >= 11 is 0. The molecule has 2 aromatic rings. The SMILES string of the molecule is CC(C)[C@H]1CN(C2CCCCC2)C(c2[c-]c(C3=N[C@@H](C(C)C)CN3C3CCCCC3)ccc2)=N1.[Pt].c1ccncc1. The van der Waals surface area contributed by atoms with Crippen LogP contribution in [0.15, 0.2) is 58.8 Å². The molecule has 0 N–H and O–H groups in total. The Kier molecular flexibility index (Phi) is 12.0. The molecule has 4 aliphatic rings. The number of hydrogen-bond donors (Lipinski definition) is 0. The van der Waals surface area contributed by atoms with Gasteiger partial charge in [0.2, 0.25) is 0 Å². The van der Waals surface area contributed by atoms with Gasteiger partial charge in [-0.2, -0.15) is 0 Å². The van der Waals surface area contributed by atoms with Crippen LogP contribution in [0.5, 0.6) is 0 Å². The average Bonchev–Trinajstić information content (AvgIpc) is 3.66. The van der Waals surface area contributed by atoms with Crippen molar-refractivity contribution in [3.63, 3.8) is 0 Å². The Bertz CT molecular complexity index is 1020. The summed E-state index contributed by atoms with van der Waals surface area (Å²) in [6, 6.07) is 18.3. The van der Waals surface area contributed by atoms with E-state index in [1.807, 2.05) is 18.2 Å². The standard InChI is InChI=1S/C30H45N4.C5H5N.Pt/c1-21(2)27-19-33(25-14-7-5-8-15-25)29(31-27)23-12-11-13-24(18-23)30-32-28(22(3)4)20-34(30)26-16-9-6-10-17-26;1-2-4-6-5-3-1;/h11-13,21-22,25-28H,5-10,14-17,19-20H2,1-4H3;1-5H;/q-1;;/t27-,28-;;/m1../s1. The van der Waals surface area contributed by atoms with Crippen LogP contribution in [0.2, 0.25) is 0 Å². The number of rotatable bonds is 6. The average molecular weight is 736 g/mol. The predicted octanol–water partition coefficient (Wildman–Crippen LogP) is 7.40. The Balaban J connectivity index is 0.000000493. The van der Waals surface area contributed by atoms with Gasteiger partial charge in [0, 0.05) is 58.6 Å². The van der Waals surface area contributed by atoms with Gasteiger partial charge < -0.3 is 19.8 Å². The molecule has 2 atom stereocenters. The van der Waals surface area contributed by atoms with Gasteiger partial charge in [0.25, 0.3) is 0 Å². The molecule has 6 heteroatoms. The maximum Gasteiger partial charge on any atom is 0.0644 e. The van der Waals surface area contributed by atoms with Crippen molar-refractivity contribution in [2.45, 2.75) is 116 Å². The molecule has 5 nitrogen and oxygen atoms in total. The molecule has 2 saturated carbocycles. The van der Waals surface area contributed by atoms with Crippen molar-refractivity contribution >= 4 is 11.7 Å². The molecule has 1 aromatic carbocycles. The molecule has 0 amide bonds. The van der Waals surface area contributed by atoms with E-state index in [1.54, 1.807) is 12.4 Å². The van der Waals surface area contributed by atoms with Gasteiger partial charge in [-0.05, 0) is 49.7 Å². The first-order valence-electron chi connectivity index (χ1n) is 16.1. The van der Waals surface area contributed by atoms with Crippen molar-refractivity contribution in [3.05, 3.63) is 66.0 Å². The molecule has 3 heterocycles. The fraction of sp³-hybridized carbons (Fsp3) is 0.629. The minimum atomic E-state index is 0. The molecule has 2 aliphatic heterocycles. The van der Waals surface area contributed by atoms with Gasteiger partial charge in [0.05, 0.1) is 23.8 Å².